The predicted octanol–water partition coefficient (Wildman–Crippen LogP) is 5.06. The van der Waals surface area contributed by atoms with Crippen LogP contribution in [0.5, 0.6) is 11.8 Å². The first-order chi connectivity index (χ1) is 24.7. The average Bonchev–Trinajstić information content (AvgIpc) is 3.51. The number of nitrogens with one attached hydrogen (secondary N) is 3. The van der Waals surface area contributed by atoms with E-state index in [2.05, 4.69) is 20.9 Å². The summed E-state index contributed by atoms with van der Waals surface area (Å²) in [4.78, 5) is 43.8. The van der Waals surface area contributed by atoms with Gasteiger partial charge in [0, 0.05) is 85.8 Å². The van der Waals surface area contributed by atoms with Crippen LogP contribution in [0.1, 0.15) is 44.0 Å². The minimum Gasteiger partial charge on any atom is -0.480 e. The summed E-state index contributed by atoms with van der Waals surface area (Å²) in [7, 11) is 3.14. The standard InChI is InChI=1S/C37H40Cl2N8O4/c1-21(48)47-19-37(20-47)12-23(13-37)41-18-31-36(51-3)46-29(17-43-31)27-9-5-7-25(34(27)39)24-6-4-8-26(33(24)38)28-16-42-30(35(45-28)50-2)15-40-14-22-10-11-32(49)44-22/h4-9,16-17,22-23,40-41H,10-15,18-20H2,1-3H3,(H,44,49)/t22-/m1/s1. The van der Waals surface area contributed by atoms with Gasteiger partial charge in [0.25, 0.3) is 0 Å². The van der Waals surface area contributed by atoms with Gasteiger partial charge in [0.15, 0.2) is 0 Å². The zero-order valence-corrected chi connectivity index (χ0v) is 30.3. The smallest absolute Gasteiger partial charge is 0.237 e. The van der Waals surface area contributed by atoms with Crippen LogP contribution in [0.3, 0.4) is 0 Å². The number of aromatic nitrogens is 4. The van der Waals surface area contributed by atoms with Crippen molar-refractivity contribution in [3.8, 4) is 45.4 Å². The maximum absolute atomic E-state index is 11.6. The van der Waals surface area contributed by atoms with Gasteiger partial charge >= 0.3 is 0 Å². The molecule has 2 aliphatic heterocycles. The fourth-order valence-electron chi connectivity index (χ4n) is 7.31. The van der Waals surface area contributed by atoms with Crippen molar-refractivity contribution in [2.24, 2.45) is 5.41 Å². The molecule has 266 valence electrons. The number of ether oxygens (including phenoxy) is 2. The van der Waals surface area contributed by atoms with E-state index < -0.39 is 0 Å². The molecule has 7 rings (SSSR count). The third-order valence-electron chi connectivity index (χ3n) is 10.0. The minimum atomic E-state index is 0.0823. The van der Waals surface area contributed by atoms with Crippen LogP contribution >= 0.6 is 23.2 Å². The fraction of sp³-hybridized carbons (Fsp3) is 0.405. The largest absolute Gasteiger partial charge is 0.480 e. The lowest BCUT2D eigenvalue weighted by atomic mass is 9.60. The number of carbonyl (C=O) groups is 2. The third kappa shape index (κ3) is 7.23. The molecule has 2 aromatic heterocycles. The maximum atomic E-state index is 11.6. The molecule has 2 aromatic carbocycles. The van der Waals surface area contributed by atoms with Gasteiger partial charge in [-0.05, 0) is 19.3 Å². The van der Waals surface area contributed by atoms with Gasteiger partial charge in [-0.1, -0.05) is 59.6 Å². The second kappa shape index (κ2) is 14.7. The number of hydrogen-bond donors (Lipinski definition) is 3. The molecule has 2 saturated heterocycles. The molecular weight excluding hydrogens is 691 g/mol. The van der Waals surface area contributed by atoms with E-state index in [-0.39, 0.29) is 23.3 Å². The minimum absolute atomic E-state index is 0.0823. The molecule has 0 unspecified atom stereocenters. The van der Waals surface area contributed by atoms with Crippen molar-refractivity contribution in [2.75, 3.05) is 33.9 Å². The van der Waals surface area contributed by atoms with E-state index in [4.69, 9.17) is 47.6 Å². The molecule has 4 heterocycles. The summed E-state index contributed by atoms with van der Waals surface area (Å²) in [6.45, 7) is 4.93. The number of likely N-dealkylation sites (tertiary alicyclic amines) is 1. The van der Waals surface area contributed by atoms with Gasteiger partial charge in [0.1, 0.15) is 11.4 Å². The highest BCUT2D eigenvalue weighted by atomic mass is 35.5. The zero-order chi connectivity index (χ0) is 35.7. The molecule has 1 atom stereocenters. The number of hydrogen-bond acceptors (Lipinski definition) is 10. The second-order valence-corrected chi connectivity index (χ2v) is 14.3. The summed E-state index contributed by atoms with van der Waals surface area (Å²) in [6, 6.07) is 11.9. The molecule has 0 bridgehead atoms. The highest BCUT2D eigenvalue weighted by molar-refractivity contribution is 6.39. The third-order valence-corrected chi connectivity index (χ3v) is 10.8. The maximum Gasteiger partial charge on any atom is 0.237 e. The molecule has 14 heteroatoms. The van der Waals surface area contributed by atoms with E-state index in [1.165, 1.54) is 0 Å². The van der Waals surface area contributed by atoms with E-state index in [1.807, 2.05) is 41.3 Å². The number of benzene rings is 2. The van der Waals surface area contributed by atoms with Gasteiger partial charge < -0.3 is 30.3 Å². The SMILES string of the molecule is COc1nc(-c2cccc(-c3cccc(-c4cnc(CNC5CC6(C5)CN(C(C)=O)C6)c(OC)n4)c3Cl)c2Cl)cnc1CNC[C@H]1CCC(=O)N1. The van der Waals surface area contributed by atoms with Crippen molar-refractivity contribution in [1.82, 2.24) is 40.8 Å². The van der Waals surface area contributed by atoms with Crippen LogP contribution in [-0.4, -0.2) is 82.6 Å². The first kappa shape index (κ1) is 35.1. The number of amides is 2. The molecule has 3 fully saturated rings. The molecule has 4 aromatic rings. The van der Waals surface area contributed by atoms with Crippen molar-refractivity contribution < 1.29 is 19.1 Å². The first-order valence-electron chi connectivity index (χ1n) is 17.0. The predicted molar refractivity (Wildman–Crippen MR) is 194 cm³/mol. The van der Waals surface area contributed by atoms with Crippen molar-refractivity contribution in [1.29, 1.82) is 0 Å². The molecule has 3 aliphatic rings. The van der Waals surface area contributed by atoms with Crippen molar-refractivity contribution >= 4 is 35.0 Å². The Labute approximate surface area is 306 Å². The normalized spacial score (nSPS) is 17.9. The van der Waals surface area contributed by atoms with Crippen molar-refractivity contribution in [3.63, 3.8) is 0 Å². The monoisotopic (exact) mass is 730 g/mol. The molecule has 3 N–H and O–H groups in total. The lowest BCUT2D eigenvalue weighted by Crippen LogP contribution is -2.66. The summed E-state index contributed by atoms with van der Waals surface area (Å²) in [6.07, 6.45) is 6.85. The van der Waals surface area contributed by atoms with Gasteiger partial charge in [0.05, 0.1) is 48.0 Å². The lowest BCUT2D eigenvalue weighted by molar-refractivity contribution is -0.149. The first-order valence-corrected chi connectivity index (χ1v) is 17.8. The Balaban J connectivity index is 1.05. The Morgan fingerprint density at radius 2 is 1.45 bits per heavy atom. The van der Waals surface area contributed by atoms with E-state index in [0.29, 0.717) is 87.8 Å². The zero-order valence-electron chi connectivity index (χ0n) is 28.8. The van der Waals surface area contributed by atoms with Crippen LogP contribution in [0.25, 0.3) is 33.6 Å². The molecule has 51 heavy (non-hydrogen) atoms. The fourth-order valence-corrected chi connectivity index (χ4v) is 7.96. The van der Waals surface area contributed by atoms with Gasteiger partial charge in [0.2, 0.25) is 23.6 Å². The lowest BCUT2D eigenvalue weighted by Gasteiger charge is -2.59. The Hall–Kier alpha value is -4.36. The Kier molecular flexibility index (Phi) is 10.1. The summed E-state index contributed by atoms with van der Waals surface area (Å²) in [5.41, 5.74) is 5.59. The number of carbonyl (C=O) groups excluding carboxylic acids is 2. The number of nitrogens with zero attached hydrogens (tertiary/aromatic N) is 5. The van der Waals surface area contributed by atoms with Crippen molar-refractivity contribution in [3.05, 3.63) is 70.2 Å². The Bertz CT molecular complexity index is 1960. The average molecular weight is 732 g/mol. The highest BCUT2D eigenvalue weighted by Gasteiger charge is 2.52. The number of rotatable bonds is 12. The number of methoxy groups -OCH3 is 2. The summed E-state index contributed by atoms with van der Waals surface area (Å²) in [5.74, 6) is 1.05. The van der Waals surface area contributed by atoms with Crippen LogP contribution in [0.2, 0.25) is 10.0 Å². The Morgan fingerprint density at radius 3 is 1.96 bits per heavy atom. The number of halogens is 2. The van der Waals surface area contributed by atoms with Gasteiger partial charge in [-0.3, -0.25) is 19.6 Å². The molecule has 12 nitrogen and oxygen atoms in total. The topological polar surface area (TPSA) is 143 Å². The van der Waals surface area contributed by atoms with Crippen LogP contribution < -0.4 is 25.4 Å². The summed E-state index contributed by atoms with van der Waals surface area (Å²) >= 11 is 14.1. The van der Waals surface area contributed by atoms with E-state index in [9.17, 15) is 9.59 Å². The summed E-state index contributed by atoms with van der Waals surface area (Å²) < 4.78 is 11.2. The summed E-state index contributed by atoms with van der Waals surface area (Å²) in [5, 5.41) is 10.8. The second-order valence-electron chi connectivity index (χ2n) is 13.6. The van der Waals surface area contributed by atoms with E-state index in [0.717, 1.165) is 43.5 Å². The molecule has 0 radical (unpaired) electrons. The molecular formula is C37H40Cl2N8O4. The highest BCUT2D eigenvalue weighted by Crippen LogP contribution is 2.48. The Morgan fingerprint density at radius 1 is 0.902 bits per heavy atom. The molecule has 1 saturated carbocycles. The van der Waals surface area contributed by atoms with Crippen LogP contribution in [0.15, 0.2) is 48.8 Å². The van der Waals surface area contributed by atoms with E-state index >= 15 is 0 Å². The van der Waals surface area contributed by atoms with Crippen LogP contribution in [0, 0.1) is 5.41 Å². The van der Waals surface area contributed by atoms with Gasteiger partial charge in [-0.2, -0.15) is 0 Å². The van der Waals surface area contributed by atoms with Gasteiger partial charge in [-0.25, -0.2) is 9.97 Å². The molecule has 1 spiro atoms. The van der Waals surface area contributed by atoms with Gasteiger partial charge in [-0.15, -0.1) is 0 Å². The molecule has 1 aliphatic carbocycles. The quantitative estimate of drug-likeness (QED) is 0.181. The van der Waals surface area contributed by atoms with Crippen LogP contribution in [-0.2, 0) is 22.7 Å². The van der Waals surface area contributed by atoms with Crippen molar-refractivity contribution in [2.45, 2.75) is 57.8 Å². The molecule has 2 amide bonds. The van der Waals surface area contributed by atoms with Crippen LogP contribution in [0.4, 0.5) is 0 Å². The van der Waals surface area contributed by atoms with E-state index in [1.54, 1.807) is 33.5 Å².